The van der Waals surface area contributed by atoms with Gasteiger partial charge in [0.1, 0.15) is 42.0 Å². The number of amides is 9. The Balaban J connectivity index is 1.58. The molecule has 3 aromatic rings. The maximum atomic E-state index is 14.7. The molecular formula is C51H68N10O13. The normalized spacial score (nSPS) is 16.8. The number of nitrogens with two attached hydrogens (primary N) is 3. The molecule has 0 aromatic heterocycles. The number of aromatic hydroxyl groups is 1. The molecule has 0 unspecified atom stereocenters. The topological polar surface area (TPSA) is 385 Å². The summed E-state index contributed by atoms with van der Waals surface area (Å²) in [6.45, 7) is 4.50. The van der Waals surface area contributed by atoms with Crippen LogP contribution in [0, 0.1) is 5.92 Å². The molecule has 10 atom stereocenters. The number of nitrogens with zero attached hydrogens (tertiary/aromatic N) is 1. The highest BCUT2D eigenvalue weighted by molar-refractivity contribution is 5.99. The van der Waals surface area contributed by atoms with Crippen molar-refractivity contribution in [3.8, 4) is 5.75 Å². The van der Waals surface area contributed by atoms with Crippen molar-refractivity contribution in [2.45, 2.75) is 133 Å². The second-order valence-electron chi connectivity index (χ2n) is 18.4. The summed E-state index contributed by atoms with van der Waals surface area (Å²) in [6.07, 6.45) is -2.42. The molecule has 1 saturated heterocycles. The summed E-state index contributed by atoms with van der Waals surface area (Å²) in [5.74, 6) is -9.98. The molecule has 400 valence electrons. The van der Waals surface area contributed by atoms with Crippen LogP contribution < -0.4 is 49.1 Å². The van der Waals surface area contributed by atoms with Gasteiger partial charge in [0, 0.05) is 25.8 Å². The van der Waals surface area contributed by atoms with Crippen molar-refractivity contribution < 1.29 is 63.3 Å². The fraction of sp³-hybridized carbons (Fsp3) is 0.451. The van der Waals surface area contributed by atoms with Crippen LogP contribution >= 0.6 is 0 Å². The molecule has 74 heavy (non-hydrogen) atoms. The molecule has 9 amide bonds. The molecule has 0 bridgehead atoms. The van der Waals surface area contributed by atoms with Crippen LogP contribution in [0.25, 0.3) is 0 Å². The van der Waals surface area contributed by atoms with E-state index in [-0.39, 0.29) is 44.4 Å². The number of aliphatic carboxylic acids is 1. The predicted molar refractivity (Wildman–Crippen MR) is 267 cm³/mol. The highest BCUT2D eigenvalue weighted by atomic mass is 16.4. The third kappa shape index (κ3) is 18.0. The molecule has 0 radical (unpaired) electrons. The number of aliphatic hydroxyl groups is 1. The van der Waals surface area contributed by atoms with E-state index < -0.39 is 132 Å². The summed E-state index contributed by atoms with van der Waals surface area (Å²) in [5, 5.41) is 44.3. The number of nitrogens with one attached hydrogen (secondary N) is 6. The van der Waals surface area contributed by atoms with Crippen LogP contribution in [-0.2, 0) is 67.2 Å². The molecule has 23 nitrogen and oxygen atoms in total. The van der Waals surface area contributed by atoms with Gasteiger partial charge >= 0.3 is 5.97 Å². The second kappa shape index (κ2) is 28.4. The van der Waals surface area contributed by atoms with Gasteiger partial charge in [0.25, 0.3) is 0 Å². The van der Waals surface area contributed by atoms with Crippen LogP contribution in [0.5, 0.6) is 5.75 Å². The summed E-state index contributed by atoms with van der Waals surface area (Å²) in [4.78, 5) is 135. The van der Waals surface area contributed by atoms with E-state index in [9.17, 15) is 63.3 Å². The Labute approximate surface area is 428 Å². The minimum Gasteiger partial charge on any atom is -0.508 e. The first-order valence-electron chi connectivity index (χ1n) is 24.3. The highest BCUT2D eigenvalue weighted by Crippen LogP contribution is 2.21. The number of hydrogen-bond acceptors (Lipinski definition) is 13. The van der Waals surface area contributed by atoms with E-state index in [1.807, 2.05) is 0 Å². The van der Waals surface area contributed by atoms with Crippen molar-refractivity contribution in [3.63, 3.8) is 0 Å². The average molecular weight is 1030 g/mol. The van der Waals surface area contributed by atoms with E-state index in [1.165, 1.54) is 17.0 Å². The Bertz CT molecular complexity index is 2440. The summed E-state index contributed by atoms with van der Waals surface area (Å²) in [7, 11) is 0. The molecule has 0 aliphatic carbocycles. The zero-order chi connectivity index (χ0) is 54.6. The number of rotatable bonds is 28. The monoisotopic (exact) mass is 1030 g/mol. The second-order valence-corrected chi connectivity index (χ2v) is 18.4. The summed E-state index contributed by atoms with van der Waals surface area (Å²) in [5.41, 5.74) is 19.1. The van der Waals surface area contributed by atoms with Crippen LogP contribution in [0.1, 0.15) is 76.0 Å². The Morgan fingerprint density at radius 1 is 0.622 bits per heavy atom. The van der Waals surface area contributed by atoms with Crippen LogP contribution in [0.2, 0.25) is 0 Å². The molecule has 0 saturated carbocycles. The minimum atomic E-state index is -1.71. The van der Waals surface area contributed by atoms with Crippen molar-refractivity contribution in [2.24, 2.45) is 23.1 Å². The molecule has 4 rings (SSSR count). The number of hydrogen-bond donors (Lipinski definition) is 12. The lowest BCUT2D eigenvalue weighted by atomic mass is 9.96. The first kappa shape index (κ1) is 58.6. The summed E-state index contributed by atoms with van der Waals surface area (Å²) >= 11 is 0. The quantitative estimate of drug-likeness (QED) is 0.0386. The molecule has 1 aliphatic rings. The Hall–Kier alpha value is -7.92. The number of likely N-dealkylation sites (tertiary alicyclic amines) is 1. The van der Waals surface area contributed by atoms with Crippen molar-refractivity contribution in [1.82, 2.24) is 36.8 Å². The van der Waals surface area contributed by atoms with E-state index in [0.717, 1.165) is 6.92 Å². The van der Waals surface area contributed by atoms with E-state index in [4.69, 9.17) is 17.2 Å². The first-order chi connectivity index (χ1) is 35.1. The number of carboxylic acid groups (broad SMARTS) is 1. The Morgan fingerprint density at radius 3 is 1.68 bits per heavy atom. The standard InChI is InChI=1S/C51H68N10O13/c1-4-28(2)42(49(71)60-43(29(3)62)51(73)74)59-45(67)35(21-22-40(53)64)55-48(70)39-16-11-23-61(39)50(72)38(26-31-14-9-6-10-15-31)58-47(69)37(27-41(54)65)57-46(68)36(25-30-12-7-5-8-13-30)56-44(66)34(52)24-32-17-19-33(63)20-18-32/h5-10,12-15,17-20,28-29,34-39,42-43,62-63H,4,11,16,21-27,52H2,1-3H3,(H2,53,64)(H2,54,65)(H,55,70)(H,56,66)(H,57,68)(H,58,69)(H,59,67)(H,60,71)(H,73,74)/t28-,29+,34-,35-,36-,37-,38-,39-,42-,43-/m0/s1. The van der Waals surface area contributed by atoms with Crippen LogP contribution in [0.15, 0.2) is 84.9 Å². The van der Waals surface area contributed by atoms with Gasteiger partial charge in [-0.3, -0.25) is 43.2 Å². The molecular weight excluding hydrogens is 961 g/mol. The van der Waals surface area contributed by atoms with Crippen molar-refractivity contribution in [3.05, 3.63) is 102 Å². The average Bonchev–Trinajstić information content (AvgIpc) is 3.86. The third-order valence-electron chi connectivity index (χ3n) is 12.6. The molecule has 0 spiro atoms. The van der Waals surface area contributed by atoms with Gasteiger partial charge in [0.05, 0.1) is 18.6 Å². The number of carbonyl (C=O) groups is 10. The SMILES string of the molecule is CC[C@H](C)[C@H](NC(=O)[C@H](CCC(N)=O)NC(=O)[C@@H]1CCCN1C(=O)[C@H](Cc1ccccc1)NC(=O)[C@H](CC(N)=O)NC(=O)[C@H](Cc1ccccc1)NC(=O)[C@@H](N)Cc1ccc(O)cc1)C(=O)N[C@H](C(=O)O)[C@@H](C)O. The van der Waals surface area contributed by atoms with Crippen LogP contribution in [0.4, 0.5) is 0 Å². The Kier molecular flexibility index (Phi) is 22.5. The van der Waals surface area contributed by atoms with Crippen LogP contribution in [-0.4, -0.2) is 140 Å². The van der Waals surface area contributed by atoms with E-state index >= 15 is 0 Å². The van der Waals surface area contributed by atoms with Crippen LogP contribution in [0.3, 0.4) is 0 Å². The lowest BCUT2D eigenvalue weighted by molar-refractivity contribution is -0.145. The largest absolute Gasteiger partial charge is 0.508 e. The molecule has 1 fully saturated rings. The summed E-state index contributed by atoms with van der Waals surface area (Å²) in [6, 6.07) is 11.8. The zero-order valence-electron chi connectivity index (χ0n) is 41.5. The number of phenols is 1. The van der Waals surface area contributed by atoms with Gasteiger partial charge in [-0.1, -0.05) is 93.1 Å². The van der Waals surface area contributed by atoms with Gasteiger partial charge in [-0.25, -0.2) is 4.79 Å². The number of carbonyl (C=O) groups excluding carboxylic acids is 9. The zero-order valence-corrected chi connectivity index (χ0v) is 41.5. The molecule has 15 N–H and O–H groups in total. The van der Waals surface area contributed by atoms with Gasteiger partial charge in [0.2, 0.25) is 53.2 Å². The summed E-state index contributed by atoms with van der Waals surface area (Å²) < 4.78 is 0. The maximum Gasteiger partial charge on any atom is 0.328 e. The fourth-order valence-electron chi connectivity index (χ4n) is 8.24. The van der Waals surface area contributed by atoms with Crippen molar-refractivity contribution in [1.29, 1.82) is 0 Å². The van der Waals surface area contributed by atoms with Gasteiger partial charge in [0.15, 0.2) is 6.04 Å². The lowest BCUT2D eigenvalue weighted by Gasteiger charge is -2.31. The van der Waals surface area contributed by atoms with Gasteiger partial charge in [-0.2, -0.15) is 0 Å². The van der Waals surface area contributed by atoms with E-state index in [0.29, 0.717) is 29.5 Å². The Morgan fingerprint density at radius 2 is 1.14 bits per heavy atom. The number of primary amides is 2. The number of phenolic OH excluding ortho intramolecular Hbond substituents is 1. The molecule has 1 heterocycles. The van der Waals surface area contributed by atoms with E-state index in [2.05, 4.69) is 31.9 Å². The number of aliphatic hydroxyl groups excluding tert-OH is 1. The lowest BCUT2D eigenvalue weighted by Crippen LogP contribution is -2.61. The first-order valence-corrected chi connectivity index (χ1v) is 24.3. The predicted octanol–water partition coefficient (Wildman–Crippen LogP) is -1.70. The fourth-order valence-corrected chi connectivity index (χ4v) is 8.24. The smallest absolute Gasteiger partial charge is 0.328 e. The number of carboxylic acids is 1. The van der Waals surface area contributed by atoms with Crippen molar-refractivity contribution >= 4 is 59.1 Å². The minimum absolute atomic E-state index is 0.0116. The maximum absolute atomic E-state index is 14.7. The van der Waals surface area contributed by atoms with Gasteiger partial charge in [-0.05, 0) is 67.3 Å². The van der Waals surface area contributed by atoms with E-state index in [1.54, 1.807) is 86.6 Å². The molecule has 3 aromatic carbocycles. The van der Waals surface area contributed by atoms with Crippen molar-refractivity contribution in [2.75, 3.05) is 6.54 Å². The third-order valence-corrected chi connectivity index (χ3v) is 12.6. The number of benzene rings is 3. The van der Waals surface area contributed by atoms with Gasteiger partial charge in [-0.15, -0.1) is 0 Å². The molecule has 1 aliphatic heterocycles. The molecule has 23 heteroatoms. The van der Waals surface area contributed by atoms with Gasteiger partial charge < -0.3 is 69.3 Å². The highest BCUT2D eigenvalue weighted by Gasteiger charge is 2.41.